The molecular weight excluding hydrogens is 280 g/mol. The van der Waals surface area contributed by atoms with Crippen molar-refractivity contribution in [3.63, 3.8) is 0 Å². The number of hydrogen-bond acceptors (Lipinski definition) is 4. The molecule has 22 heavy (non-hydrogen) atoms. The third kappa shape index (κ3) is 8.00. The molecule has 0 saturated heterocycles. The molecule has 124 valence electrons. The average Bonchev–Trinajstić information content (AvgIpc) is 2.43. The van der Waals surface area contributed by atoms with Crippen LogP contribution in [0.2, 0.25) is 0 Å². The summed E-state index contributed by atoms with van der Waals surface area (Å²) in [5.74, 6) is 1.23. The Morgan fingerprint density at radius 2 is 1.91 bits per heavy atom. The highest BCUT2D eigenvalue weighted by atomic mass is 16.5. The van der Waals surface area contributed by atoms with Crippen molar-refractivity contribution in [2.45, 2.75) is 32.8 Å². The highest BCUT2D eigenvalue weighted by Gasteiger charge is 2.07. The summed E-state index contributed by atoms with van der Waals surface area (Å²) in [5, 5.41) is 12.6. The molecule has 0 bridgehead atoms. The summed E-state index contributed by atoms with van der Waals surface area (Å²) in [6, 6.07) is 7.20. The first-order chi connectivity index (χ1) is 10.4. The minimum atomic E-state index is -0.523. The van der Waals surface area contributed by atoms with Crippen molar-refractivity contribution in [3.8, 4) is 5.75 Å². The van der Waals surface area contributed by atoms with E-state index in [0.29, 0.717) is 24.6 Å². The number of amides is 1. The van der Waals surface area contributed by atoms with Gasteiger partial charge in [-0.2, -0.15) is 0 Å². The Morgan fingerprint density at radius 3 is 2.45 bits per heavy atom. The number of carbonyl (C=O) groups excluding carboxylic acids is 1. The number of ether oxygens (including phenoxy) is 1. The maximum absolute atomic E-state index is 11.7. The van der Waals surface area contributed by atoms with Crippen LogP contribution in [-0.4, -0.2) is 49.3 Å². The van der Waals surface area contributed by atoms with Crippen molar-refractivity contribution < 1.29 is 14.6 Å². The Balaban J connectivity index is 2.38. The van der Waals surface area contributed by atoms with E-state index in [9.17, 15) is 9.90 Å². The lowest BCUT2D eigenvalue weighted by atomic mass is 10.1. The Morgan fingerprint density at radius 1 is 1.27 bits per heavy atom. The highest BCUT2D eigenvalue weighted by Crippen LogP contribution is 2.16. The first kappa shape index (κ1) is 18.5. The molecule has 1 atom stereocenters. The number of likely N-dealkylation sites (N-methyl/N-ethyl adjacent to an activating group) is 1. The number of nitrogens with one attached hydrogen (secondary N) is 1. The summed E-state index contributed by atoms with van der Waals surface area (Å²) >= 11 is 0. The third-order valence-corrected chi connectivity index (χ3v) is 3.11. The maximum Gasteiger partial charge on any atom is 0.224 e. The Labute approximate surface area is 133 Å². The zero-order valence-electron chi connectivity index (χ0n) is 14.0. The lowest BCUT2D eigenvalue weighted by Crippen LogP contribution is -2.30. The SMILES string of the molecule is CC(C)CCC(=O)Nc1ccc(OCC(O)CN(C)C)cc1. The number of carbonyl (C=O) groups is 1. The summed E-state index contributed by atoms with van der Waals surface area (Å²) in [5.41, 5.74) is 0.759. The Hall–Kier alpha value is -1.59. The lowest BCUT2D eigenvalue weighted by molar-refractivity contribution is -0.116. The minimum Gasteiger partial charge on any atom is -0.491 e. The molecule has 0 heterocycles. The van der Waals surface area contributed by atoms with E-state index in [1.165, 1.54) is 0 Å². The quantitative estimate of drug-likeness (QED) is 0.735. The van der Waals surface area contributed by atoms with Gasteiger partial charge in [-0.1, -0.05) is 13.8 Å². The molecule has 1 aromatic rings. The van der Waals surface area contributed by atoms with Crippen molar-refractivity contribution in [2.24, 2.45) is 5.92 Å². The zero-order chi connectivity index (χ0) is 16.5. The van der Waals surface area contributed by atoms with Crippen LogP contribution in [0.3, 0.4) is 0 Å². The standard InChI is InChI=1S/C17H28N2O3/c1-13(2)5-10-17(21)18-14-6-8-16(9-7-14)22-12-15(20)11-19(3)4/h6-9,13,15,20H,5,10-12H2,1-4H3,(H,18,21). The van der Waals surface area contributed by atoms with Gasteiger partial charge >= 0.3 is 0 Å². The fourth-order valence-electron chi connectivity index (χ4n) is 1.94. The first-order valence-corrected chi connectivity index (χ1v) is 7.72. The fraction of sp³-hybridized carbons (Fsp3) is 0.588. The van der Waals surface area contributed by atoms with Crippen LogP contribution in [0.15, 0.2) is 24.3 Å². The predicted molar refractivity (Wildman–Crippen MR) is 89.2 cm³/mol. The minimum absolute atomic E-state index is 0.0313. The van der Waals surface area contributed by atoms with Crippen molar-refractivity contribution in [3.05, 3.63) is 24.3 Å². The van der Waals surface area contributed by atoms with Crippen LogP contribution in [0.5, 0.6) is 5.75 Å². The predicted octanol–water partition coefficient (Wildman–Crippen LogP) is 2.36. The van der Waals surface area contributed by atoms with Crippen molar-refractivity contribution in [1.82, 2.24) is 4.90 Å². The summed E-state index contributed by atoms with van der Waals surface area (Å²) < 4.78 is 5.52. The van der Waals surface area contributed by atoms with Crippen LogP contribution in [0.1, 0.15) is 26.7 Å². The van der Waals surface area contributed by atoms with Gasteiger partial charge in [-0.25, -0.2) is 0 Å². The molecule has 0 radical (unpaired) electrons. The van der Waals surface area contributed by atoms with Gasteiger partial charge in [-0.3, -0.25) is 4.79 Å². The zero-order valence-corrected chi connectivity index (χ0v) is 14.0. The van der Waals surface area contributed by atoms with Crippen molar-refractivity contribution in [2.75, 3.05) is 32.6 Å². The molecule has 0 fully saturated rings. The molecule has 0 aromatic heterocycles. The third-order valence-electron chi connectivity index (χ3n) is 3.11. The molecule has 5 nitrogen and oxygen atoms in total. The van der Waals surface area contributed by atoms with E-state index >= 15 is 0 Å². The molecule has 0 aliphatic rings. The smallest absolute Gasteiger partial charge is 0.224 e. The van der Waals surface area contributed by atoms with E-state index in [1.807, 2.05) is 19.0 Å². The van der Waals surface area contributed by atoms with Crippen LogP contribution in [0.25, 0.3) is 0 Å². The molecule has 0 aliphatic carbocycles. The van der Waals surface area contributed by atoms with Crippen molar-refractivity contribution in [1.29, 1.82) is 0 Å². The molecule has 5 heteroatoms. The van der Waals surface area contributed by atoms with E-state index in [2.05, 4.69) is 19.2 Å². The largest absolute Gasteiger partial charge is 0.491 e. The van der Waals surface area contributed by atoms with E-state index in [4.69, 9.17) is 4.74 Å². The van der Waals surface area contributed by atoms with Gasteiger partial charge in [0.05, 0.1) is 0 Å². The monoisotopic (exact) mass is 308 g/mol. The molecule has 1 amide bonds. The topological polar surface area (TPSA) is 61.8 Å². The van der Waals surface area contributed by atoms with E-state index < -0.39 is 6.10 Å². The molecular formula is C17H28N2O3. The van der Waals surface area contributed by atoms with Crippen LogP contribution in [0.4, 0.5) is 5.69 Å². The fourth-order valence-corrected chi connectivity index (χ4v) is 1.94. The van der Waals surface area contributed by atoms with Gasteiger partial charge in [-0.15, -0.1) is 0 Å². The normalized spacial score (nSPS) is 12.5. The number of rotatable bonds is 9. The molecule has 0 aliphatic heterocycles. The van der Waals surface area contributed by atoms with Gasteiger partial charge in [0.2, 0.25) is 5.91 Å². The van der Waals surface area contributed by atoms with E-state index in [1.54, 1.807) is 24.3 Å². The highest BCUT2D eigenvalue weighted by molar-refractivity contribution is 5.90. The first-order valence-electron chi connectivity index (χ1n) is 7.72. The van der Waals surface area contributed by atoms with Gasteiger partial charge in [0.15, 0.2) is 0 Å². The molecule has 1 aromatic carbocycles. The maximum atomic E-state index is 11.7. The Bertz CT molecular complexity index is 444. The molecule has 0 spiro atoms. The molecule has 0 saturated carbocycles. The number of anilines is 1. The summed E-state index contributed by atoms with van der Waals surface area (Å²) in [7, 11) is 3.81. The summed E-state index contributed by atoms with van der Waals surface area (Å²) in [4.78, 5) is 13.6. The summed E-state index contributed by atoms with van der Waals surface area (Å²) in [6.07, 6.45) is 0.897. The number of aliphatic hydroxyl groups excluding tert-OH is 1. The van der Waals surface area contributed by atoms with Crippen LogP contribution in [-0.2, 0) is 4.79 Å². The second-order valence-corrected chi connectivity index (χ2v) is 6.23. The number of nitrogens with zero attached hydrogens (tertiary/aromatic N) is 1. The van der Waals surface area contributed by atoms with Gasteiger partial charge in [-0.05, 0) is 50.7 Å². The molecule has 1 rings (SSSR count). The van der Waals surface area contributed by atoms with Crippen LogP contribution < -0.4 is 10.1 Å². The number of aliphatic hydroxyl groups is 1. The van der Waals surface area contributed by atoms with Gasteiger partial charge in [0.25, 0.3) is 0 Å². The molecule has 1 unspecified atom stereocenters. The lowest BCUT2D eigenvalue weighted by Gasteiger charge is -2.16. The average molecular weight is 308 g/mol. The van der Waals surface area contributed by atoms with E-state index in [-0.39, 0.29) is 12.5 Å². The second-order valence-electron chi connectivity index (χ2n) is 6.23. The van der Waals surface area contributed by atoms with Crippen molar-refractivity contribution >= 4 is 11.6 Å². The number of benzene rings is 1. The summed E-state index contributed by atoms with van der Waals surface area (Å²) in [6.45, 7) is 5.01. The van der Waals surface area contributed by atoms with Crippen LogP contribution in [0, 0.1) is 5.92 Å². The number of hydrogen-bond donors (Lipinski definition) is 2. The second kappa shape index (κ2) is 9.43. The van der Waals surface area contributed by atoms with E-state index in [0.717, 1.165) is 12.1 Å². The van der Waals surface area contributed by atoms with Crippen LogP contribution >= 0.6 is 0 Å². The van der Waals surface area contributed by atoms with Gasteiger partial charge in [0.1, 0.15) is 18.5 Å². The van der Waals surface area contributed by atoms with Gasteiger partial charge < -0.3 is 20.1 Å². The Kier molecular flexibility index (Phi) is 7.91. The molecule has 2 N–H and O–H groups in total. The van der Waals surface area contributed by atoms with Gasteiger partial charge in [0, 0.05) is 18.7 Å².